The zero-order valence-electron chi connectivity index (χ0n) is 10.1. The number of carbonyl (C=O) groups is 1. The largest absolute Gasteiger partial charge is 0.374 e. The van der Waals surface area contributed by atoms with Crippen molar-refractivity contribution in [3.05, 3.63) is 50.1 Å². The number of hydrogen-bond acceptors (Lipinski definition) is 3. The summed E-state index contributed by atoms with van der Waals surface area (Å²) in [4.78, 5) is 13.2. The molecule has 0 fully saturated rings. The fraction of sp³-hybridized carbons (Fsp3) is 0.308. The van der Waals surface area contributed by atoms with E-state index in [9.17, 15) is 9.90 Å². The van der Waals surface area contributed by atoms with Gasteiger partial charge in [-0.2, -0.15) is 0 Å². The van der Waals surface area contributed by atoms with E-state index in [1.54, 1.807) is 23.1 Å². The van der Waals surface area contributed by atoms with Crippen LogP contribution in [-0.2, 0) is 4.79 Å². The summed E-state index contributed by atoms with van der Waals surface area (Å²) in [7, 11) is 0. The lowest BCUT2D eigenvalue weighted by atomic mass is 10.2. The summed E-state index contributed by atoms with van der Waals surface area (Å²) in [6, 6.07) is 0. The standard InChI is InChI=1S/C13H20N2O2/c1-5-8-14-12(16)11(4)13(17)15(9-6-2)10-7-3/h5-7,13,17H,1-4,8-10H2,(H,14,16). The fourth-order valence-corrected chi connectivity index (χ4v) is 1.22. The van der Waals surface area contributed by atoms with Crippen LogP contribution in [0.25, 0.3) is 0 Å². The van der Waals surface area contributed by atoms with Gasteiger partial charge in [-0.1, -0.05) is 24.8 Å². The first kappa shape index (κ1) is 15.3. The third-order valence-electron chi connectivity index (χ3n) is 2.08. The predicted octanol–water partition coefficient (Wildman–Crippen LogP) is 0.837. The molecule has 1 unspecified atom stereocenters. The van der Waals surface area contributed by atoms with Gasteiger partial charge in [0.05, 0.1) is 5.57 Å². The Labute approximate surface area is 103 Å². The van der Waals surface area contributed by atoms with Gasteiger partial charge in [0.1, 0.15) is 6.23 Å². The summed E-state index contributed by atoms with van der Waals surface area (Å²) in [5.74, 6) is -0.393. The summed E-state index contributed by atoms with van der Waals surface area (Å²) in [5.41, 5.74) is 0.0931. The number of hydrogen-bond donors (Lipinski definition) is 2. The lowest BCUT2D eigenvalue weighted by Gasteiger charge is -2.26. The minimum Gasteiger partial charge on any atom is -0.374 e. The normalized spacial score (nSPS) is 11.6. The van der Waals surface area contributed by atoms with Crippen molar-refractivity contribution in [2.45, 2.75) is 6.23 Å². The fourth-order valence-electron chi connectivity index (χ4n) is 1.22. The minimum atomic E-state index is -1.05. The molecule has 17 heavy (non-hydrogen) atoms. The van der Waals surface area contributed by atoms with Crippen molar-refractivity contribution in [1.29, 1.82) is 0 Å². The van der Waals surface area contributed by atoms with Gasteiger partial charge in [0.15, 0.2) is 0 Å². The van der Waals surface area contributed by atoms with Gasteiger partial charge in [-0.3, -0.25) is 9.69 Å². The zero-order chi connectivity index (χ0) is 13.3. The molecule has 0 saturated heterocycles. The van der Waals surface area contributed by atoms with Crippen LogP contribution in [0, 0.1) is 0 Å². The van der Waals surface area contributed by atoms with Crippen LogP contribution in [-0.4, -0.2) is 41.8 Å². The number of nitrogens with zero attached hydrogens (tertiary/aromatic N) is 1. The van der Waals surface area contributed by atoms with Crippen LogP contribution in [0.3, 0.4) is 0 Å². The average molecular weight is 236 g/mol. The second kappa shape index (κ2) is 8.50. The van der Waals surface area contributed by atoms with Crippen molar-refractivity contribution < 1.29 is 9.90 Å². The smallest absolute Gasteiger partial charge is 0.250 e. The maximum Gasteiger partial charge on any atom is 0.250 e. The lowest BCUT2D eigenvalue weighted by Crippen LogP contribution is -2.41. The molecule has 1 amide bonds. The molecular weight excluding hydrogens is 216 g/mol. The maximum atomic E-state index is 11.6. The molecular formula is C13H20N2O2. The first-order valence-corrected chi connectivity index (χ1v) is 5.30. The molecule has 4 heteroatoms. The summed E-state index contributed by atoms with van der Waals surface area (Å²) in [5, 5.41) is 12.5. The van der Waals surface area contributed by atoms with E-state index in [2.05, 4.69) is 31.6 Å². The SMILES string of the molecule is C=CCNC(=O)C(=C)C(O)N(CC=C)CC=C. The Morgan fingerprint density at radius 2 is 1.76 bits per heavy atom. The molecule has 0 bridgehead atoms. The maximum absolute atomic E-state index is 11.6. The van der Waals surface area contributed by atoms with Gasteiger partial charge < -0.3 is 10.4 Å². The third kappa shape index (κ3) is 5.29. The van der Waals surface area contributed by atoms with Crippen LogP contribution in [0.2, 0.25) is 0 Å². The van der Waals surface area contributed by atoms with Gasteiger partial charge in [0.25, 0.3) is 5.91 Å². The topological polar surface area (TPSA) is 52.6 Å². The highest BCUT2D eigenvalue weighted by Crippen LogP contribution is 2.06. The summed E-state index contributed by atoms with van der Waals surface area (Å²) in [6.07, 6.45) is 3.79. The molecule has 0 radical (unpaired) electrons. The predicted molar refractivity (Wildman–Crippen MR) is 70.3 cm³/mol. The van der Waals surface area contributed by atoms with E-state index in [1.165, 1.54) is 0 Å². The Morgan fingerprint density at radius 1 is 1.24 bits per heavy atom. The molecule has 4 nitrogen and oxygen atoms in total. The van der Waals surface area contributed by atoms with E-state index >= 15 is 0 Å². The second-order valence-electron chi connectivity index (χ2n) is 3.43. The highest BCUT2D eigenvalue weighted by Gasteiger charge is 2.21. The molecule has 0 aromatic rings. The minimum absolute atomic E-state index is 0.0931. The van der Waals surface area contributed by atoms with Gasteiger partial charge in [-0.25, -0.2) is 0 Å². The molecule has 0 aromatic carbocycles. The van der Waals surface area contributed by atoms with Gasteiger partial charge in [-0.05, 0) is 0 Å². The van der Waals surface area contributed by atoms with E-state index in [4.69, 9.17) is 0 Å². The van der Waals surface area contributed by atoms with Crippen LogP contribution < -0.4 is 5.32 Å². The number of nitrogens with one attached hydrogen (secondary N) is 1. The highest BCUT2D eigenvalue weighted by molar-refractivity contribution is 5.93. The molecule has 0 aliphatic carbocycles. The molecule has 1 atom stereocenters. The first-order valence-electron chi connectivity index (χ1n) is 5.30. The van der Waals surface area contributed by atoms with Crippen LogP contribution >= 0.6 is 0 Å². The van der Waals surface area contributed by atoms with Crippen LogP contribution in [0.4, 0.5) is 0 Å². The Kier molecular flexibility index (Phi) is 7.67. The molecule has 0 aromatic heterocycles. The van der Waals surface area contributed by atoms with Crippen molar-refractivity contribution in [3.8, 4) is 0 Å². The van der Waals surface area contributed by atoms with Crippen molar-refractivity contribution in [3.63, 3.8) is 0 Å². The summed E-state index contributed by atoms with van der Waals surface area (Å²) < 4.78 is 0. The number of amides is 1. The van der Waals surface area contributed by atoms with Crippen LogP contribution in [0.1, 0.15) is 0 Å². The average Bonchev–Trinajstić information content (AvgIpc) is 2.33. The molecule has 0 aliphatic rings. The number of aliphatic hydroxyl groups is 1. The Hall–Kier alpha value is -1.65. The van der Waals surface area contributed by atoms with Crippen LogP contribution in [0.15, 0.2) is 50.1 Å². The van der Waals surface area contributed by atoms with Gasteiger partial charge in [0.2, 0.25) is 0 Å². The summed E-state index contributed by atoms with van der Waals surface area (Å²) in [6.45, 7) is 15.5. The molecule has 0 saturated carbocycles. The highest BCUT2D eigenvalue weighted by atomic mass is 16.3. The zero-order valence-corrected chi connectivity index (χ0v) is 10.1. The Balaban J connectivity index is 4.51. The van der Waals surface area contributed by atoms with E-state index in [0.29, 0.717) is 19.6 Å². The Bertz CT molecular complexity index is 301. The van der Waals surface area contributed by atoms with Gasteiger partial charge in [-0.15, -0.1) is 19.7 Å². The lowest BCUT2D eigenvalue weighted by molar-refractivity contribution is -0.119. The molecule has 0 aliphatic heterocycles. The van der Waals surface area contributed by atoms with E-state index in [-0.39, 0.29) is 5.57 Å². The van der Waals surface area contributed by atoms with Crippen LogP contribution in [0.5, 0.6) is 0 Å². The van der Waals surface area contributed by atoms with Gasteiger partial charge in [0, 0.05) is 19.6 Å². The number of aliphatic hydroxyl groups excluding tert-OH is 1. The van der Waals surface area contributed by atoms with Crippen molar-refractivity contribution in [2.24, 2.45) is 0 Å². The first-order chi connectivity index (χ1) is 8.08. The van der Waals surface area contributed by atoms with E-state index in [1.807, 2.05) is 0 Å². The van der Waals surface area contributed by atoms with Crippen molar-refractivity contribution in [2.75, 3.05) is 19.6 Å². The van der Waals surface area contributed by atoms with Crippen molar-refractivity contribution in [1.82, 2.24) is 10.2 Å². The molecule has 0 heterocycles. The molecule has 0 rings (SSSR count). The molecule has 2 N–H and O–H groups in total. The van der Waals surface area contributed by atoms with E-state index in [0.717, 1.165) is 0 Å². The van der Waals surface area contributed by atoms with Gasteiger partial charge >= 0.3 is 0 Å². The Morgan fingerprint density at radius 3 is 2.18 bits per heavy atom. The number of rotatable bonds is 9. The molecule has 0 spiro atoms. The summed E-state index contributed by atoms with van der Waals surface area (Å²) >= 11 is 0. The second-order valence-corrected chi connectivity index (χ2v) is 3.43. The molecule has 94 valence electrons. The van der Waals surface area contributed by atoms with E-state index < -0.39 is 12.1 Å². The quantitative estimate of drug-likeness (QED) is 0.354. The van der Waals surface area contributed by atoms with Crippen molar-refractivity contribution >= 4 is 5.91 Å². The number of carbonyl (C=O) groups excluding carboxylic acids is 1. The monoisotopic (exact) mass is 236 g/mol. The third-order valence-corrected chi connectivity index (χ3v) is 2.08.